The van der Waals surface area contributed by atoms with Crippen molar-refractivity contribution >= 4 is 0 Å². The lowest BCUT2D eigenvalue weighted by Crippen LogP contribution is -2.32. The number of ether oxygens (including phenoxy) is 1. The summed E-state index contributed by atoms with van der Waals surface area (Å²) in [5.74, 6) is 1.52. The predicted molar refractivity (Wildman–Crippen MR) is 73.4 cm³/mol. The van der Waals surface area contributed by atoms with Crippen LogP contribution in [0.5, 0.6) is 5.75 Å². The quantitative estimate of drug-likeness (QED) is 0.707. The van der Waals surface area contributed by atoms with Crippen LogP contribution in [0.2, 0.25) is 0 Å². The molecule has 0 atom stereocenters. The Morgan fingerprint density at radius 3 is 2.56 bits per heavy atom. The molecular weight excluding hydrogens is 224 g/mol. The van der Waals surface area contributed by atoms with Crippen LogP contribution in [0, 0.1) is 17.2 Å². The first-order chi connectivity index (χ1) is 8.72. The Labute approximate surface area is 110 Å². The molecular formula is C15H22N2O. The topological polar surface area (TPSA) is 36.3 Å². The molecule has 0 heterocycles. The average Bonchev–Trinajstić information content (AvgIpc) is 2.36. The Balaban J connectivity index is 2.30. The minimum atomic E-state index is 0.581. The van der Waals surface area contributed by atoms with Gasteiger partial charge in [0.2, 0.25) is 0 Å². The summed E-state index contributed by atoms with van der Waals surface area (Å²) in [6.07, 6.45) is 0.581. The Hall–Kier alpha value is -1.53. The third-order valence-electron chi connectivity index (χ3n) is 2.58. The van der Waals surface area contributed by atoms with Crippen LogP contribution in [0.25, 0.3) is 0 Å². The van der Waals surface area contributed by atoms with E-state index in [4.69, 9.17) is 10.00 Å². The fourth-order valence-corrected chi connectivity index (χ4v) is 1.83. The van der Waals surface area contributed by atoms with Crippen LogP contribution in [-0.4, -0.2) is 31.1 Å². The Morgan fingerprint density at radius 1 is 1.22 bits per heavy atom. The van der Waals surface area contributed by atoms with E-state index >= 15 is 0 Å². The van der Waals surface area contributed by atoms with E-state index < -0.39 is 0 Å². The molecule has 0 unspecified atom stereocenters. The summed E-state index contributed by atoms with van der Waals surface area (Å²) in [6.45, 7) is 7.76. The first-order valence-corrected chi connectivity index (χ1v) is 6.49. The maximum atomic E-state index is 8.64. The van der Waals surface area contributed by atoms with Gasteiger partial charge in [-0.2, -0.15) is 5.26 Å². The minimum Gasteiger partial charge on any atom is -0.492 e. The molecule has 1 rings (SSSR count). The van der Waals surface area contributed by atoms with Crippen molar-refractivity contribution in [1.82, 2.24) is 4.90 Å². The first kappa shape index (κ1) is 14.5. The third-order valence-corrected chi connectivity index (χ3v) is 2.58. The van der Waals surface area contributed by atoms with Crippen LogP contribution < -0.4 is 4.74 Å². The summed E-state index contributed by atoms with van der Waals surface area (Å²) in [7, 11) is 0. The van der Waals surface area contributed by atoms with Crippen LogP contribution in [-0.2, 0) is 0 Å². The van der Waals surface area contributed by atoms with Crippen LogP contribution >= 0.6 is 0 Å². The van der Waals surface area contributed by atoms with Gasteiger partial charge in [-0.15, -0.1) is 0 Å². The highest BCUT2D eigenvalue weighted by molar-refractivity contribution is 5.20. The fourth-order valence-electron chi connectivity index (χ4n) is 1.83. The van der Waals surface area contributed by atoms with Gasteiger partial charge in [-0.1, -0.05) is 32.0 Å². The number of rotatable bonds is 8. The number of nitriles is 1. The van der Waals surface area contributed by atoms with Crippen LogP contribution in [0.1, 0.15) is 20.3 Å². The molecule has 0 spiro atoms. The second-order valence-corrected chi connectivity index (χ2v) is 4.76. The van der Waals surface area contributed by atoms with Gasteiger partial charge in [0.25, 0.3) is 0 Å². The van der Waals surface area contributed by atoms with Crippen molar-refractivity contribution < 1.29 is 4.74 Å². The highest BCUT2D eigenvalue weighted by Gasteiger charge is 2.07. The van der Waals surface area contributed by atoms with Crippen molar-refractivity contribution in [3.05, 3.63) is 30.3 Å². The molecule has 18 heavy (non-hydrogen) atoms. The molecule has 0 N–H and O–H groups in total. The average molecular weight is 246 g/mol. The van der Waals surface area contributed by atoms with E-state index in [2.05, 4.69) is 24.8 Å². The number of hydrogen-bond donors (Lipinski definition) is 0. The van der Waals surface area contributed by atoms with Crippen LogP contribution in [0.4, 0.5) is 0 Å². The van der Waals surface area contributed by atoms with E-state index in [9.17, 15) is 0 Å². The first-order valence-electron chi connectivity index (χ1n) is 6.49. The number of benzene rings is 1. The van der Waals surface area contributed by atoms with E-state index in [0.29, 0.717) is 18.9 Å². The molecule has 98 valence electrons. The molecule has 0 radical (unpaired) electrons. The summed E-state index contributed by atoms with van der Waals surface area (Å²) in [6, 6.07) is 12.0. The standard InChI is InChI=1S/C15H22N2O/c1-14(2)13-17(10-6-9-16)11-12-18-15-7-4-3-5-8-15/h3-5,7-8,14H,6,10-13H2,1-2H3. The summed E-state index contributed by atoms with van der Waals surface area (Å²) in [4.78, 5) is 2.29. The lowest BCUT2D eigenvalue weighted by molar-refractivity contribution is 0.196. The van der Waals surface area contributed by atoms with Crippen LogP contribution in [0.15, 0.2) is 30.3 Å². The number of hydrogen-bond acceptors (Lipinski definition) is 3. The van der Waals surface area contributed by atoms with E-state index in [1.165, 1.54) is 0 Å². The van der Waals surface area contributed by atoms with Crippen molar-refractivity contribution in [3.63, 3.8) is 0 Å². The summed E-state index contributed by atoms with van der Waals surface area (Å²) in [5.41, 5.74) is 0. The molecule has 0 aliphatic carbocycles. The second kappa shape index (κ2) is 8.54. The van der Waals surface area contributed by atoms with Gasteiger partial charge in [-0.25, -0.2) is 0 Å². The molecule has 1 aromatic rings. The van der Waals surface area contributed by atoms with Gasteiger partial charge in [0, 0.05) is 26.1 Å². The Morgan fingerprint density at radius 2 is 1.94 bits per heavy atom. The van der Waals surface area contributed by atoms with Gasteiger partial charge in [-0.05, 0) is 18.1 Å². The van der Waals surface area contributed by atoms with Gasteiger partial charge >= 0.3 is 0 Å². The molecule has 0 aliphatic heterocycles. The third kappa shape index (κ3) is 6.27. The van der Waals surface area contributed by atoms with Gasteiger partial charge in [0.1, 0.15) is 12.4 Å². The lowest BCUT2D eigenvalue weighted by Gasteiger charge is -2.23. The van der Waals surface area contributed by atoms with Crippen molar-refractivity contribution in [1.29, 1.82) is 5.26 Å². The van der Waals surface area contributed by atoms with E-state index in [1.807, 2.05) is 30.3 Å². The summed E-state index contributed by atoms with van der Waals surface area (Å²) < 4.78 is 5.67. The van der Waals surface area contributed by atoms with E-state index in [1.54, 1.807) is 0 Å². The van der Waals surface area contributed by atoms with Crippen LogP contribution in [0.3, 0.4) is 0 Å². The Bertz CT molecular complexity index is 357. The highest BCUT2D eigenvalue weighted by atomic mass is 16.5. The molecule has 0 aliphatic rings. The normalized spacial score (nSPS) is 10.6. The summed E-state index contributed by atoms with van der Waals surface area (Å²) >= 11 is 0. The summed E-state index contributed by atoms with van der Waals surface area (Å²) in [5, 5.41) is 8.64. The molecule has 1 aromatic carbocycles. The van der Waals surface area contributed by atoms with Crippen molar-refractivity contribution in [3.8, 4) is 11.8 Å². The van der Waals surface area contributed by atoms with E-state index in [0.717, 1.165) is 25.4 Å². The molecule has 0 saturated heterocycles. The zero-order chi connectivity index (χ0) is 13.2. The highest BCUT2D eigenvalue weighted by Crippen LogP contribution is 2.08. The maximum Gasteiger partial charge on any atom is 0.119 e. The van der Waals surface area contributed by atoms with Gasteiger partial charge in [0.15, 0.2) is 0 Å². The number of para-hydroxylation sites is 1. The van der Waals surface area contributed by atoms with Crippen molar-refractivity contribution in [2.45, 2.75) is 20.3 Å². The zero-order valence-electron chi connectivity index (χ0n) is 11.3. The maximum absolute atomic E-state index is 8.64. The van der Waals surface area contributed by atoms with Gasteiger partial charge in [0.05, 0.1) is 6.07 Å². The Kier molecular flexibility index (Phi) is 6.90. The SMILES string of the molecule is CC(C)CN(CCC#N)CCOc1ccccc1. The smallest absolute Gasteiger partial charge is 0.119 e. The minimum absolute atomic E-state index is 0.581. The predicted octanol–water partition coefficient (Wildman–Crippen LogP) is 2.94. The molecule has 0 saturated carbocycles. The zero-order valence-corrected chi connectivity index (χ0v) is 11.3. The fraction of sp³-hybridized carbons (Fsp3) is 0.533. The molecule has 0 fully saturated rings. The molecule has 0 amide bonds. The molecule has 0 bridgehead atoms. The van der Waals surface area contributed by atoms with Crippen molar-refractivity contribution in [2.75, 3.05) is 26.2 Å². The largest absolute Gasteiger partial charge is 0.492 e. The van der Waals surface area contributed by atoms with E-state index in [-0.39, 0.29) is 0 Å². The van der Waals surface area contributed by atoms with Gasteiger partial charge < -0.3 is 4.74 Å². The molecule has 3 nitrogen and oxygen atoms in total. The second-order valence-electron chi connectivity index (χ2n) is 4.76. The number of nitrogens with zero attached hydrogens (tertiary/aromatic N) is 2. The molecule has 0 aromatic heterocycles. The monoisotopic (exact) mass is 246 g/mol. The van der Waals surface area contributed by atoms with Gasteiger partial charge in [-0.3, -0.25) is 4.90 Å². The van der Waals surface area contributed by atoms with Crippen molar-refractivity contribution in [2.24, 2.45) is 5.92 Å². The lowest BCUT2D eigenvalue weighted by atomic mass is 10.2. The molecule has 3 heteroatoms.